The maximum atomic E-state index is 13.2. The monoisotopic (exact) mass is 493 g/mol. The Morgan fingerprint density at radius 2 is 1.89 bits per heavy atom. The smallest absolute Gasteiger partial charge is 0.259 e. The van der Waals surface area contributed by atoms with E-state index >= 15 is 0 Å². The second kappa shape index (κ2) is 11.2. The van der Waals surface area contributed by atoms with Crippen LogP contribution < -0.4 is 15.4 Å². The molecule has 2 aromatic rings. The first-order chi connectivity index (χ1) is 17.0. The molecule has 0 aromatic heterocycles. The second-order valence-electron chi connectivity index (χ2n) is 8.03. The predicted octanol–water partition coefficient (Wildman–Crippen LogP) is 3.33. The SMILES string of the molecule is CCCCNC(=O)C[C@@H]1N=C2c3ccccc3N=C(SCC(=O)Nc3ccc(OC)cc3)N2C1=O. The average Bonchev–Trinajstić information content (AvgIpc) is 3.19. The molecule has 2 heterocycles. The normalized spacial score (nSPS) is 16.1. The number of thioether (sulfide) groups is 1. The first kappa shape index (κ1) is 24.5. The molecule has 9 nitrogen and oxygen atoms in total. The number of amidine groups is 2. The molecular formula is C25H27N5O4S. The number of ether oxygens (including phenoxy) is 1. The summed E-state index contributed by atoms with van der Waals surface area (Å²) >= 11 is 1.15. The van der Waals surface area contributed by atoms with Gasteiger partial charge < -0.3 is 15.4 Å². The lowest BCUT2D eigenvalue weighted by atomic mass is 10.1. The van der Waals surface area contributed by atoms with E-state index in [2.05, 4.69) is 20.6 Å². The molecule has 2 N–H and O–H groups in total. The lowest BCUT2D eigenvalue weighted by Gasteiger charge is -2.25. The summed E-state index contributed by atoms with van der Waals surface area (Å²) in [6.45, 7) is 2.62. The Balaban J connectivity index is 1.46. The number of hydrogen-bond donors (Lipinski definition) is 2. The van der Waals surface area contributed by atoms with Gasteiger partial charge in [-0.05, 0) is 42.8 Å². The molecule has 2 aromatic carbocycles. The first-order valence-electron chi connectivity index (χ1n) is 11.4. The van der Waals surface area contributed by atoms with Crippen molar-refractivity contribution in [2.45, 2.75) is 32.2 Å². The van der Waals surface area contributed by atoms with Gasteiger partial charge in [0.05, 0.1) is 25.0 Å². The van der Waals surface area contributed by atoms with Crippen LogP contribution in [0.15, 0.2) is 58.5 Å². The van der Waals surface area contributed by atoms with Gasteiger partial charge in [-0.15, -0.1) is 0 Å². The molecule has 4 rings (SSSR count). The number of hydrogen-bond acceptors (Lipinski definition) is 7. The zero-order valence-electron chi connectivity index (χ0n) is 19.6. The number of fused-ring (bicyclic) bond motifs is 3. The standard InChI is InChI=1S/C25H27N5O4S/c1-3-4-13-26-21(31)14-20-24(33)30-23(28-20)18-7-5-6-8-19(18)29-25(30)35-15-22(32)27-16-9-11-17(34-2)12-10-16/h5-12,20H,3-4,13-15H2,1-2H3,(H,26,31)(H,27,32)/t20-/m0/s1. The number of benzene rings is 2. The maximum Gasteiger partial charge on any atom is 0.259 e. The van der Waals surface area contributed by atoms with Crippen molar-refractivity contribution in [2.75, 3.05) is 24.7 Å². The third-order valence-electron chi connectivity index (χ3n) is 5.49. The predicted molar refractivity (Wildman–Crippen MR) is 137 cm³/mol. The highest BCUT2D eigenvalue weighted by Gasteiger charge is 2.42. The molecule has 35 heavy (non-hydrogen) atoms. The summed E-state index contributed by atoms with van der Waals surface area (Å²) < 4.78 is 5.13. The van der Waals surface area contributed by atoms with Crippen molar-refractivity contribution in [1.29, 1.82) is 0 Å². The molecule has 1 atom stereocenters. The largest absolute Gasteiger partial charge is 0.497 e. The van der Waals surface area contributed by atoms with Gasteiger partial charge in [0.25, 0.3) is 5.91 Å². The number of carbonyl (C=O) groups is 3. The molecule has 10 heteroatoms. The highest BCUT2D eigenvalue weighted by Crippen LogP contribution is 2.34. The minimum Gasteiger partial charge on any atom is -0.497 e. The van der Waals surface area contributed by atoms with E-state index in [9.17, 15) is 14.4 Å². The summed E-state index contributed by atoms with van der Waals surface area (Å²) in [4.78, 5) is 48.8. The molecule has 0 saturated carbocycles. The van der Waals surface area contributed by atoms with E-state index < -0.39 is 6.04 Å². The van der Waals surface area contributed by atoms with Gasteiger partial charge in [0.15, 0.2) is 5.17 Å². The Morgan fingerprint density at radius 1 is 1.11 bits per heavy atom. The molecule has 0 fully saturated rings. The Hall–Kier alpha value is -3.66. The number of rotatable bonds is 9. The van der Waals surface area contributed by atoms with Crippen molar-refractivity contribution in [2.24, 2.45) is 9.98 Å². The van der Waals surface area contributed by atoms with Crippen LogP contribution >= 0.6 is 11.8 Å². The number of aliphatic imine (C=N–C) groups is 2. The summed E-state index contributed by atoms with van der Waals surface area (Å²) in [5.74, 6) is 0.442. The van der Waals surface area contributed by atoms with E-state index in [1.807, 2.05) is 31.2 Å². The number of nitrogens with zero attached hydrogens (tertiary/aromatic N) is 3. The van der Waals surface area contributed by atoms with Crippen LogP contribution in [0.25, 0.3) is 0 Å². The minimum absolute atomic E-state index is 0.0272. The maximum absolute atomic E-state index is 13.2. The number of amides is 3. The van der Waals surface area contributed by atoms with E-state index in [0.29, 0.717) is 34.7 Å². The van der Waals surface area contributed by atoms with E-state index in [4.69, 9.17) is 4.74 Å². The number of nitrogens with one attached hydrogen (secondary N) is 2. The second-order valence-corrected chi connectivity index (χ2v) is 8.97. The summed E-state index contributed by atoms with van der Waals surface area (Å²) in [7, 11) is 1.58. The molecule has 0 bridgehead atoms. The molecule has 0 spiro atoms. The molecule has 182 valence electrons. The van der Waals surface area contributed by atoms with Gasteiger partial charge in [-0.3, -0.25) is 19.4 Å². The van der Waals surface area contributed by atoms with Gasteiger partial charge in [0.2, 0.25) is 11.8 Å². The third kappa shape index (κ3) is 5.71. The van der Waals surface area contributed by atoms with Gasteiger partial charge in [0.1, 0.15) is 17.6 Å². The van der Waals surface area contributed by atoms with Crippen LogP contribution in [0.5, 0.6) is 5.75 Å². The van der Waals surface area contributed by atoms with Crippen molar-refractivity contribution < 1.29 is 19.1 Å². The van der Waals surface area contributed by atoms with E-state index in [1.165, 1.54) is 4.90 Å². The Bertz CT molecular complexity index is 1180. The van der Waals surface area contributed by atoms with Gasteiger partial charge >= 0.3 is 0 Å². The summed E-state index contributed by atoms with van der Waals surface area (Å²) in [6, 6.07) is 13.6. The van der Waals surface area contributed by atoms with E-state index in [-0.39, 0.29) is 29.9 Å². The van der Waals surface area contributed by atoms with Crippen LogP contribution in [0.2, 0.25) is 0 Å². The molecule has 2 aliphatic rings. The molecule has 0 aliphatic carbocycles. The minimum atomic E-state index is -0.822. The van der Waals surface area contributed by atoms with Gasteiger partial charge in [-0.1, -0.05) is 37.2 Å². The Morgan fingerprint density at radius 3 is 2.63 bits per heavy atom. The fourth-order valence-electron chi connectivity index (χ4n) is 3.69. The number of unbranched alkanes of at least 4 members (excludes halogenated alkanes) is 1. The molecular weight excluding hydrogens is 466 g/mol. The summed E-state index contributed by atoms with van der Waals surface area (Å²) in [5.41, 5.74) is 2.03. The topological polar surface area (TPSA) is 112 Å². The fourth-order valence-corrected chi connectivity index (χ4v) is 4.49. The Kier molecular flexibility index (Phi) is 7.81. The Labute approximate surface area is 208 Å². The van der Waals surface area contributed by atoms with Gasteiger partial charge in [0, 0.05) is 17.8 Å². The van der Waals surface area contributed by atoms with Crippen molar-refractivity contribution in [3.8, 4) is 5.75 Å². The van der Waals surface area contributed by atoms with Crippen LogP contribution in [0.4, 0.5) is 11.4 Å². The molecule has 0 radical (unpaired) electrons. The number of para-hydroxylation sites is 1. The van der Waals surface area contributed by atoms with Crippen molar-refractivity contribution in [1.82, 2.24) is 10.2 Å². The molecule has 0 saturated heterocycles. The zero-order chi connectivity index (χ0) is 24.8. The highest BCUT2D eigenvalue weighted by atomic mass is 32.2. The van der Waals surface area contributed by atoms with Crippen LogP contribution in [-0.2, 0) is 14.4 Å². The van der Waals surface area contributed by atoms with Crippen LogP contribution in [0, 0.1) is 0 Å². The van der Waals surface area contributed by atoms with Crippen molar-refractivity contribution in [3.05, 3.63) is 54.1 Å². The summed E-state index contributed by atoms with van der Waals surface area (Å²) in [5, 5.41) is 6.03. The highest BCUT2D eigenvalue weighted by molar-refractivity contribution is 8.14. The quantitative estimate of drug-likeness (QED) is 0.521. The van der Waals surface area contributed by atoms with Gasteiger partial charge in [-0.25, -0.2) is 9.89 Å². The van der Waals surface area contributed by atoms with Crippen molar-refractivity contribution >= 4 is 51.9 Å². The zero-order valence-corrected chi connectivity index (χ0v) is 20.4. The summed E-state index contributed by atoms with van der Waals surface area (Å²) in [6.07, 6.45) is 1.82. The molecule has 2 aliphatic heterocycles. The van der Waals surface area contributed by atoms with Gasteiger partial charge in [-0.2, -0.15) is 0 Å². The fraction of sp³-hybridized carbons (Fsp3) is 0.320. The van der Waals surface area contributed by atoms with Crippen molar-refractivity contribution in [3.63, 3.8) is 0 Å². The molecule has 0 unspecified atom stereocenters. The number of carbonyl (C=O) groups excluding carboxylic acids is 3. The third-order valence-corrected chi connectivity index (χ3v) is 6.42. The van der Waals surface area contributed by atoms with E-state index in [1.54, 1.807) is 31.4 Å². The molecule has 3 amide bonds. The van der Waals surface area contributed by atoms with Crippen LogP contribution in [-0.4, -0.2) is 59.1 Å². The first-order valence-corrected chi connectivity index (χ1v) is 12.4. The van der Waals surface area contributed by atoms with Crippen LogP contribution in [0.1, 0.15) is 31.7 Å². The number of methoxy groups -OCH3 is 1. The van der Waals surface area contributed by atoms with E-state index in [0.717, 1.165) is 30.2 Å². The number of anilines is 1. The average molecular weight is 494 g/mol. The lowest BCUT2D eigenvalue weighted by molar-refractivity contribution is -0.128. The lowest BCUT2D eigenvalue weighted by Crippen LogP contribution is -2.42. The van der Waals surface area contributed by atoms with Crippen LogP contribution in [0.3, 0.4) is 0 Å².